The molecule has 37 heavy (non-hydrogen) atoms. The van der Waals surface area contributed by atoms with Crippen molar-refractivity contribution < 1.29 is 9.53 Å². The van der Waals surface area contributed by atoms with E-state index in [1.54, 1.807) is 6.20 Å². The van der Waals surface area contributed by atoms with Crippen LogP contribution in [0.3, 0.4) is 0 Å². The van der Waals surface area contributed by atoms with Crippen molar-refractivity contribution in [2.24, 2.45) is 11.8 Å². The number of rotatable bonds is 10. The van der Waals surface area contributed by atoms with Gasteiger partial charge in [-0.05, 0) is 68.7 Å². The maximum absolute atomic E-state index is 12.9. The van der Waals surface area contributed by atoms with Crippen LogP contribution in [0, 0.1) is 18.8 Å². The van der Waals surface area contributed by atoms with Crippen LogP contribution < -0.4 is 16.2 Å². The highest BCUT2D eigenvalue weighted by Gasteiger charge is 2.26. The lowest BCUT2D eigenvalue weighted by Crippen LogP contribution is -2.44. The van der Waals surface area contributed by atoms with E-state index >= 15 is 0 Å². The predicted molar refractivity (Wildman–Crippen MR) is 145 cm³/mol. The maximum Gasteiger partial charge on any atom is 0.323 e. The molecule has 0 radical (unpaired) electrons. The van der Waals surface area contributed by atoms with Gasteiger partial charge < -0.3 is 24.9 Å². The predicted octanol–water partition coefficient (Wildman–Crippen LogP) is 3.91. The number of nitrogens with zero attached hydrogens (tertiary/aromatic N) is 2. The van der Waals surface area contributed by atoms with Crippen LogP contribution in [0.25, 0.3) is 22.4 Å². The van der Waals surface area contributed by atoms with Gasteiger partial charge >= 0.3 is 5.97 Å². The summed E-state index contributed by atoms with van der Waals surface area (Å²) in [4.78, 5) is 32.7. The molecule has 1 aliphatic carbocycles. The number of fused-ring (bicyclic) bond motifs is 1. The van der Waals surface area contributed by atoms with Gasteiger partial charge in [0.15, 0.2) is 0 Å². The van der Waals surface area contributed by atoms with Gasteiger partial charge in [0, 0.05) is 49.4 Å². The van der Waals surface area contributed by atoms with E-state index in [-0.39, 0.29) is 23.7 Å². The molecule has 2 aliphatic rings. The monoisotopic (exact) mass is 505 g/mol. The Kier molecular flexibility index (Phi) is 7.76. The molecule has 8 heteroatoms. The molecular weight excluding hydrogens is 466 g/mol. The number of benzene rings is 1. The van der Waals surface area contributed by atoms with Crippen molar-refractivity contribution in [2.75, 3.05) is 13.1 Å². The highest BCUT2D eigenvalue weighted by atomic mass is 16.5. The molecule has 0 unspecified atom stereocenters. The fourth-order valence-electron chi connectivity index (χ4n) is 5.38. The molecule has 198 valence electrons. The lowest BCUT2D eigenvalue weighted by atomic mass is 10.0. The average molecular weight is 506 g/mol. The first kappa shape index (κ1) is 25.7. The van der Waals surface area contributed by atoms with E-state index in [9.17, 15) is 9.59 Å². The van der Waals surface area contributed by atoms with Gasteiger partial charge in [-0.2, -0.15) is 0 Å². The first-order valence-electron chi connectivity index (χ1n) is 13.7. The third-order valence-corrected chi connectivity index (χ3v) is 7.60. The Labute approximate surface area is 218 Å². The van der Waals surface area contributed by atoms with E-state index in [4.69, 9.17) is 9.72 Å². The summed E-state index contributed by atoms with van der Waals surface area (Å²) in [6.07, 6.45) is 6.82. The smallest absolute Gasteiger partial charge is 0.323 e. The number of H-pyrrole nitrogens is 1. The quantitative estimate of drug-likeness (QED) is 0.361. The molecule has 3 aromatic rings. The largest absolute Gasteiger partial charge is 0.461 e. The van der Waals surface area contributed by atoms with E-state index in [2.05, 4.69) is 52.2 Å². The van der Waals surface area contributed by atoms with Crippen LogP contribution in [0.15, 0.2) is 35.3 Å². The van der Waals surface area contributed by atoms with Crippen LogP contribution >= 0.6 is 0 Å². The second-order valence-corrected chi connectivity index (χ2v) is 11.2. The van der Waals surface area contributed by atoms with E-state index in [1.807, 2.05) is 13.0 Å². The Morgan fingerprint density at radius 2 is 2.00 bits per heavy atom. The van der Waals surface area contributed by atoms with Crippen LogP contribution in [-0.2, 0) is 22.6 Å². The van der Waals surface area contributed by atoms with E-state index in [1.165, 1.54) is 0 Å². The molecule has 8 nitrogen and oxygen atoms in total. The molecule has 3 heterocycles. The zero-order valence-electron chi connectivity index (χ0n) is 22.2. The van der Waals surface area contributed by atoms with Crippen molar-refractivity contribution in [2.45, 2.75) is 78.1 Å². The van der Waals surface area contributed by atoms with Crippen molar-refractivity contribution in [3.8, 4) is 11.4 Å². The number of carbonyl (C=O) groups is 1. The molecule has 1 aromatic carbocycles. The number of esters is 1. The number of carbonyl (C=O) groups excluding carboxylic acids is 1. The molecule has 0 spiro atoms. The summed E-state index contributed by atoms with van der Waals surface area (Å²) >= 11 is 0. The SMILES string of the molecule is Cc1cc(-c2nc3cc(CN[C@@H](CC(C)C)C(=O)OC4CCCC4)ccc3n2CC2CNC2)c[nH]c1=O. The summed E-state index contributed by atoms with van der Waals surface area (Å²) in [6, 6.07) is 7.93. The minimum atomic E-state index is -0.320. The summed E-state index contributed by atoms with van der Waals surface area (Å²) in [6.45, 7) is 9.53. The second-order valence-electron chi connectivity index (χ2n) is 11.2. The van der Waals surface area contributed by atoms with Gasteiger partial charge in [0.1, 0.15) is 18.0 Å². The third-order valence-electron chi connectivity index (χ3n) is 7.60. The van der Waals surface area contributed by atoms with Crippen molar-refractivity contribution in [1.82, 2.24) is 25.2 Å². The molecule has 1 saturated carbocycles. The van der Waals surface area contributed by atoms with Crippen LogP contribution in [0.1, 0.15) is 57.1 Å². The van der Waals surface area contributed by atoms with Crippen molar-refractivity contribution in [3.05, 3.63) is 51.9 Å². The van der Waals surface area contributed by atoms with Crippen molar-refractivity contribution in [3.63, 3.8) is 0 Å². The molecular formula is C29H39N5O3. The highest BCUT2D eigenvalue weighted by molar-refractivity contribution is 5.81. The molecule has 1 aliphatic heterocycles. The lowest BCUT2D eigenvalue weighted by molar-refractivity contribution is -0.151. The Balaban J connectivity index is 1.38. The van der Waals surface area contributed by atoms with Gasteiger partial charge in [-0.1, -0.05) is 19.9 Å². The number of imidazole rings is 1. The van der Waals surface area contributed by atoms with Gasteiger partial charge in [-0.15, -0.1) is 0 Å². The van der Waals surface area contributed by atoms with E-state index in [0.717, 1.165) is 79.7 Å². The van der Waals surface area contributed by atoms with Crippen molar-refractivity contribution in [1.29, 1.82) is 0 Å². The topological polar surface area (TPSA) is 101 Å². The van der Waals surface area contributed by atoms with E-state index in [0.29, 0.717) is 23.9 Å². The molecule has 1 atom stereocenters. The summed E-state index contributed by atoms with van der Waals surface area (Å²) in [5.74, 6) is 1.68. The first-order chi connectivity index (χ1) is 17.9. The number of aromatic amines is 1. The number of hydrogen-bond donors (Lipinski definition) is 3. The summed E-state index contributed by atoms with van der Waals surface area (Å²) in [7, 11) is 0. The Morgan fingerprint density at radius 1 is 1.22 bits per heavy atom. The van der Waals surface area contributed by atoms with E-state index < -0.39 is 0 Å². The number of pyridine rings is 1. The van der Waals surface area contributed by atoms with Crippen LogP contribution in [-0.4, -0.2) is 45.7 Å². The molecule has 5 rings (SSSR count). The Morgan fingerprint density at radius 3 is 2.68 bits per heavy atom. The molecule has 2 aromatic heterocycles. The Bertz CT molecular complexity index is 1300. The minimum Gasteiger partial charge on any atom is -0.461 e. The van der Waals surface area contributed by atoms with Crippen LogP contribution in [0.4, 0.5) is 0 Å². The summed E-state index contributed by atoms with van der Waals surface area (Å²) < 4.78 is 8.09. The third kappa shape index (κ3) is 5.96. The Hall–Kier alpha value is -2.97. The van der Waals surface area contributed by atoms with Crippen molar-refractivity contribution >= 4 is 17.0 Å². The van der Waals surface area contributed by atoms with Gasteiger partial charge in [0.2, 0.25) is 0 Å². The van der Waals surface area contributed by atoms with Gasteiger partial charge in [-0.3, -0.25) is 9.59 Å². The number of aromatic nitrogens is 3. The second kappa shape index (κ2) is 11.2. The van der Waals surface area contributed by atoms with Gasteiger partial charge in [0.25, 0.3) is 5.56 Å². The van der Waals surface area contributed by atoms with Gasteiger partial charge in [0.05, 0.1) is 11.0 Å². The molecule has 0 bridgehead atoms. The highest BCUT2D eigenvalue weighted by Crippen LogP contribution is 2.27. The maximum atomic E-state index is 12.9. The summed E-state index contributed by atoms with van der Waals surface area (Å²) in [5.41, 5.74) is 4.58. The minimum absolute atomic E-state index is 0.0742. The number of ether oxygens (including phenoxy) is 1. The zero-order valence-corrected chi connectivity index (χ0v) is 22.2. The van der Waals surface area contributed by atoms with Gasteiger partial charge in [-0.25, -0.2) is 4.98 Å². The summed E-state index contributed by atoms with van der Waals surface area (Å²) in [5, 5.41) is 6.82. The van der Waals surface area contributed by atoms with Crippen LogP contribution in [0.5, 0.6) is 0 Å². The lowest BCUT2D eigenvalue weighted by Gasteiger charge is -2.28. The zero-order chi connectivity index (χ0) is 25.9. The molecule has 3 N–H and O–H groups in total. The standard InChI is InChI=1S/C29H39N5O3/c1-18(2)10-25(29(36)37-23-6-4-5-7-23)31-15-20-8-9-26-24(12-20)33-27(34(26)17-21-13-30-14-21)22-11-19(3)28(35)32-16-22/h8-9,11-12,16,18,21,23,25,30-31H,4-7,10,13-15,17H2,1-3H3,(H,32,35)/t25-/m0/s1. The molecule has 0 amide bonds. The average Bonchev–Trinajstić information content (AvgIpc) is 3.48. The molecule has 2 fully saturated rings. The van der Waals surface area contributed by atoms with Crippen LogP contribution in [0.2, 0.25) is 0 Å². The fraction of sp³-hybridized carbons (Fsp3) is 0.552. The number of nitrogens with one attached hydrogen (secondary N) is 3. The first-order valence-corrected chi connectivity index (χ1v) is 13.7. The number of aryl methyl sites for hydroxylation is 1. The fourth-order valence-corrected chi connectivity index (χ4v) is 5.38. The molecule has 1 saturated heterocycles. The number of hydrogen-bond acceptors (Lipinski definition) is 6. The normalized spacial score (nSPS) is 17.4.